The van der Waals surface area contributed by atoms with Gasteiger partial charge in [0, 0.05) is 9.85 Å². The van der Waals surface area contributed by atoms with Crippen molar-refractivity contribution in [1.29, 1.82) is 0 Å². The first kappa shape index (κ1) is 9.08. The van der Waals surface area contributed by atoms with E-state index in [9.17, 15) is 0 Å². The van der Waals surface area contributed by atoms with E-state index in [2.05, 4.69) is 28.9 Å². The fraction of sp³-hybridized carbons (Fsp3) is 0.333. The molecule has 0 aliphatic rings. The highest BCUT2D eigenvalue weighted by atomic mass is 79.9. The smallest absolute Gasteiger partial charge is 0.0408 e. The lowest BCUT2D eigenvalue weighted by atomic mass is 10.1. The number of halogens is 2. The summed E-state index contributed by atoms with van der Waals surface area (Å²) in [5.41, 5.74) is 1.28. The summed E-state index contributed by atoms with van der Waals surface area (Å²) in [6, 6.07) is 7.96. The fourth-order valence-electron chi connectivity index (χ4n) is 0.989. The van der Waals surface area contributed by atoms with Gasteiger partial charge in [-0.2, -0.15) is 0 Å². The van der Waals surface area contributed by atoms with Crippen molar-refractivity contribution in [3.8, 4) is 0 Å². The van der Waals surface area contributed by atoms with Crippen molar-refractivity contribution in [2.45, 2.75) is 18.2 Å². The Kier molecular flexibility index (Phi) is 3.41. The predicted octanol–water partition coefficient (Wildman–Crippen LogP) is 3.67. The molecule has 1 unspecified atom stereocenters. The van der Waals surface area contributed by atoms with Crippen LogP contribution in [-0.2, 0) is 6.42 Å². The molecule has 1 atom stereocenters. The minimum Gasteiger partial charge on any atom is -0.0890 e. The molecule has 0 N–H and O–H groups in total. The Labute approximate surface area is 80.7 Å². The topological polar surface area (TPSA) is 0 Å². The van der Waals surface area contributed by atoms with Gasteiger partial charge < -0.3 is 0 Å². The third-order valence-electron chi connectivity index (χ3n) is 1.41. The zero-order valence-electron chi connectivity index (χ0n) is 6.35. The summed E-state index contributed by atoms with van der Waals surface area (Å²) in [6.07, 6.45) is 1.03. The zero-order chi connectivity index (χ0) is 8.27. The van der Waals surface area contributed by atoms with Crippen molar-refractivity contribution < 1.29 is 0 Å². The predicted molar refractivity (Wildman–Crippen MR) is 53.5 cm³/mol. The molecule has 1 aromatic rings. The number of rotatable bonds is 2. The van der Waals surface area contributed by atoms with Gasteiger partial charge in [-0.3, -0.25) is 0 Å². The molecule has 11 heavy (non-hydrogen) atoms. The van der Waals surface area contributed by atoms with Gasteiger partial charge in [0.05, 0.1) is 0 Å². The average molecular weight is 234 g/mol. The van der Waals surface area contributed by atoms with Crippen LogP contribution in [0.25, 0.3) is 0 Å². The number of hydrogen-bond donors (Lipinski definition) is 0. The molecule has 0 saturated carbocycles. The van der Waals surface area contributed by atoms with Crippen LogP contribution in [0, 0.1) is 0 Å². The molecule has 1 aromatic carbocycles. The minimum atomic E-state index is 0.515. The average Bonchev–Trinajstić information content (AvgIpc) is 1.85. The monoisotopic (exact) mass is 232 g/mol. The molecule has 1 rings (SSSR count). The summed E-state index contributed by atoms with van der Waals surface area (Å²) in [5, 5.41) is 0.815. The second kappa shape index (κ2) is 4.13. The lowest BCUT2D eigenvalue weighted by Gasteiger charge is -2.02. The summed E-state index contributed by atoms with van der Waals surface area (Å²) in [5.74, 6) is 0. The van der Waals surface area contributed by atoms with Gasteiger partial charge in [-0.1, -0.05) is 46.6 Å². The highest BCUT2D eigenvalue weighted by Gasteiger charge is 1.98. The molecule has 0 aliphatic heterocycles. The third kappa shape index (κ3) is 3.26. The molecule has 0 aliphatic carbocycles. The summed E-state index contributed by atoms with van der Waals surface area (Å²) < 4.78 is 0. The van der Waals surface area contributed by atoms with E-state index in [1.807, 2.05) is 18.2 Å². The first-order valence-corrected chi connectivity index (χ1v) is 4.86. The molecule has 0 heterocycles. The minimum absolute atomic E-state index is 0.515. The quantitative estimate of drug-likeness (QED) is 0.684. The third-order valence-corrected chi connectivity index (χ3v) is 1.96. The van der Waals surface area contributed by atoms with Gasteiger partial charge in [0.2, 0.25) is 0 Å². The van der Waals surface area contributed by atoms with Crippen molar-refractivity contribution in [2.75, 3.05) is 0 Å². The molecule has 0 amide bonds. The first-order valence-electron chi connectivity index (χ1n) is 3.57. The van der Waals surface area contributed by atoms with Gasteiger partial charge >= 0.3 is 0 Å². The Hall–Kier alpha value is -0.0100. The van der Waals surface area contributed by atoms with Crippen LogP contribution in [0.15, 0.2) is 24.3 Å². The molecule has 0 saturated heterocycles. The van der Waals surface area contributed by atoms with Crippen molar-refractivity contribution in [2.24, 2.45) is 0 Å². The molecule has 0 aromatic heterocycles. The van der Waals surface area contributed by atoms with Crippen molar-refractivity contribution >= 4 is 27.5 Å². The standard InChI is InChI=1S/C9H10BrCl/c1-7(10)5-8-3-2-4-9(11)6-8/h2-4,6-7H,5H2,1H3. The van der Waals surface area contributed by atoms with Crippen LogP contribution in [-0.4, -0.2) is 4.83 Å². The molecule has 60 valence electrons. The van der Waals surface area contributed by atoms with Gasteiger partial charge in [-0.25, -0.2) is 0 Å². The van der Waals surface area contributed by atoms with E-state index in [4.69, 9.17) is 11.6 Å². The highest BCUT2D eigenvalue weighted by Crippen LogP contribution is 2.14. The Bertz CT molecular complexity index is 233. The maximum Gasteiger partial charge on any atom is 0.0408 e. The molecular weight excluding hydrogens is 223 g/mol. The van der Waals surface area contributed by atoms with Gasteiger partial charge in [-0.15, -0.1) is 0 Å². The van der Waals surface area contributed by atoms with Gasteiger partial charge in [0.1, 0.15) is 0 Å². The van der Waals surface area contributed by atoms with Crippen LogP contribution in [0.5, 0.6) is 0 Å². The van der Waals surface area contributed by atoms with Crippen LogP contribution in [0.4, 0.5) is 0 Å². The van der Waals surface area contributed by atoms with Crippen LogP contribution in [0.1, 0.15) is 12.5 Å². The molecular formula is C9H10BrCl. The lowest BCUT2D eigenvalue weighted by Crippen LogP contribution is -1.95. The zero-order valence-corrected chi connectivity index (χ0v) is 8.69. The fourth-order valence-corrected chi connectivity index (χ4v) is 1.58. The lowest BCUT2D eigenvalue weighted by molar-refractivity contribution is 0.960. The van der Waals surface area contributed by atoms with E-state index in [1.165, 1.54) is 5.56 Å². The molecule has 0 fully saturated rings. The van der Waals surface area contributed by atoms with Gasteiger partial charge in [0.25, 0.3) is 0 Å². The van der Waals surface area contributed by atoms with E-state index in [-0.39, 0.29) is 0 Å². The number of alkyl halides is 1. The molecule has 0 radical (unpaired) electrons. The largest absolute Gasteiger partial charge is 0.0890 e. The van der Waals surface area contributed by atoms with E-state index in [1.54, 1.807) is 0 Å². The number of hydrogen-bond acceptors (Lipinski definition) is 0. The maximum absolute atomic E-state index is 5.81. The second-order valence-electron chi connectivity index (χ2n) is 2.61. The van der Waals surface area contributed by atoms with Crippen molar-refractivity contribution in [3.05, 3.63) is 34.9 Å². The van der Waals surface area contributed by atoms with Crippen molar-refractivity contribution in [3.63, 3.8) is 0 Å². The van der Waals surface area contributed by atoms with E-state index < -0.39 is 0 Å². The summed E-state index contributed by atoms with van der Waals surface area (Å²) in [7, 11) is 0. The first-order chi connectivity index (χ1) is 5.18. The van der Waals surface area contributed by atoms with E-state index >= 15 is 0 Å². The normalized spacial score (nSPS) is 13.0. The highest BCUT2D eigenvalue weighted by molar-refractivity contribution is 9.09. The summed E-state index contributed by atoms with van der Waals surface area (Å²) in [4.78, 5) is 0.515. The van der Waals surface area contributed by atoms with Crippen LogP contribution in [0.3, 0.4) is 0 Å². The maximum atomic E-state index is 5.81. The van der Waals surface area contributed by atoms with Gasteiger partial charge in [0.15, 0.2) is 0 Å². The molecule has 2 heteroatoms. The van der Waals surface area contributed by atoms with Crippen LogP contribution < -0.4 is 0 Å². The van der Waals surface area contributed by atoms with Crippen LogP contribution >= 0.6 is 27.5 Å². The second-order valence-corrected chi connectivity index (χ2v) is 4.61. The summed E-state index contributed by atoms with van der Waals surface area (Å²) in [6.45, 7) is 2.13. The SMILES string of the molecule is CC(Br)Cc1cccc(Cl)c1. The molecule has 0 nitrogen and oxygen atoms in total. The van der Waals surface area contributed by atoms with Crippen molar-refractivity contribution in [1.82, 2.24) is 0 Å². The molecule has 0 bridgehead atoms. The Morgan fingerprint density at radius 2 is 2.27 bits per heavy atom. The summed E-state index contributed by atoms with van der Waals surface area (Å²) >= 11 is 9.31. The Morgan fingerprint density at radius 1 is 1.55 bits per heavy atom. The Balaban J connectivity index is 2.71. The number of benzene rings is 1. The Morgan fingerprint density at radius 3 is 2.82 bits per heavy atom. The van der Waals surface area contributed by atoms with Gasteiger partial charge in [-0.05, 0) is 24.1 Å². The van der Waals surface area contributed by atoms with E-state index in [0.29, 0.717) is 4.83 Å². The molecule has 0 spiro atoms. The van der Waals surface area contributed by atoms with Crippen LogP contribution in [0.2, 0.25) is 5.02 Å². The van der Waals surface area contributed by atoms with E-state index in [0.717, 1.165) is 11.4 Å².